The van der Waals surface area contributed by atoms with E-state index in [1.165, 1.54) is 11.1 Å². The summed E-state index contributed by atoms with van der Waals surface area (Å²) in [6, 6.07) is 0. The van der Waals surface area contributed by atoms with Gasteiger partial charge in [-0.2, -0.15) is 0 Å². The van der Waals surface area contributed by atoms with E-state index >= 15 is 0 Å². The minimum Gasteiger partial charge on any atom is -0.381 e. The lowest BCUT2D eigenvalue weighted by molar-refractivity contribution is 0.0555. The second kappa shape index (κ2) is 3.40. The minimum atomic E-state index is -0.354. The molecule has 0 saturated carbocycles. The molecule has 1 unspecified atom stereocenters. The lowest BCUT2D eigenvalue weighted by atomic mass is 9.91. The fraction of sp³-hybridized carbons (Fsp3) is 0.800. The van der Waals surface area contributed by atoms with Gasteiger partial charge in [0.15, 0.2) is 0 Å². The lowest BCUT2D eigenvalue weighted by Gasteiger charge is -2.23. The Morgan fingerprint density at radius 2 is 2.31 bits per heavy atom. The van der Waals surface area contributed by atoms with Crippen LogP contribution in [0.1, 0.15) is 19.3 Å². The Morgan fingerprint density at radius 3 is 3.00 bits per heavy atom. The Labute approximate surface area is 79.0 Å². The first kappa shape index (κ1) is 9.19. The summed E-state index contributed by atoms with van der Waals surface area (Å²) in [6.07, 6.45) is 3.08. The Hall–Kier alpha value is -0.380. The molecule has 1 aliphatic heterocycles. The molecule has 0 fully saturated rings. The highest BCUT2D eigenvalue weighted by atomic mass is 16.5. The summed E-state index contributed by atoms with van der Waals surface area (Å²) < 4.78 is 5.32. The van der Waals surface area contributed by atoms with E-state index < -0.39 is 0 Å². The number of hydrogen-bond acceptors (Lipinski definition) is 3. The van der Waals surface area contributed by atoms with E-state index in [2.05, 4.69) is 0 Å². The van der Waals surface area contributed by atoms with Crippen molar-refractivity contribution in [2.75, 3.05) is 20.7 Å². The van der Waals surface area contributed by atoms with E-state index in [1.54, 1.807) is 7.11 Å². The molecule has 2 rings (SSSR count). The van der Waals surface area contributed by atoms with E-state index in [0.29, 0.717) is 6.10 Å². The molecule has 0 saturated heterocycles. The van der Waals surface area contributed by atoms with Gasteiger partial charge < -0.3 is 9.84 Å². The predicted molar refractivity (Wildman–Crippen MR) is 50.3 cm³/mol. The number of aliphatic hydroxyl groups excluding tert-OH is 1. The highest BCUT2D eigenvalue weighted by Gasteiger charge is 2.32. The van der Waals surface area contributed by atoms with Crippen LogP contribution < -0.4 is 0 Å². The average Bonchev–Trinajstić information content (AvgIpc) is 2.43. The van der Waals surface area contributed by atoms with Crippen LogP contribution >= 0.6 is 0 Å². The molecule has 0 aromatic heterocycles. The minimum absolute atomic E-state index is 0.319. The van der Waals surface area contributed by atoms with Gasteiger partial charge in [-0.15, -0.1) is 0 Å². The molecule has 2 aliphatic rings. The molecule has 2 atom stereocenters. The van der Waals surface area contributed by atoms with Gasteiger partial charge in [0, 0.05) is 13.7 Å². The molecular weight excluding hydrogens is 166 g/mol. The zero-order valence-electron chi connectivity index (χ0n) is 8.29. The van der Waals surface area contributed by atoms with Gasteiger partial charge in [-0.3, -0.25) is 4.90 Å². The second-order valence-electron chi connectivity index (χ2n) is 4.02. The molecule has 1 aliphatic carbocycles. The average molecular weight is 183 g/mol. The molecule has 0 amide bonds. The molecule has 0 radical (unpaired) electrons. The van der Waals surface area contributed by atoms with Gasteiger partial charge in [-0.1, -0.05) is 5.57 Å². The number of hydrogen-bond donors (Lipinski definition) is 1. The van der Waals surface area contributed by atoms with Crippen LogP contribution in [0.3, 0.4) is 0 Å². The third-order valence-corrected chi connectivity index (χ3v) is 3.17. The third-order valence-electron chi connectivity index (χ3n) is 3.17. The highest BCUT2D eigenvalue weighted by Crippen LogP contribution is 2.34. The number of methoxy groups -OCH3 is 1. The first-order valence-corrected chi connectivity index (χ1v) is 4.84. The fourth-order valence-corrected chi connectivity index (χ4v) is 2.31. The molecule has 3 nitrogen and oxygen atoms in total. The Balaban J connectivity index is 2.12. The Bertz CT molecular complexity index is 237. The van der Waals surface area contributed by atoms with Gasteiger partial charge in [-0.25, -0.2) is 0 Å². The van der Waals surface area contributed by atoms with Gasteiger partial charge in [0.2, 0.25) is 0 Å². The van der Waals surface area contributed by atoms with Gasteiger partial charge >= 0.3 is 0 Å². The molecule has 1 heterocycles. The number of likely N-dealkylation sites (N-methyl/N-ethyl adjacent to an activating group) is 1. The van der Waals surface area contributed by atoms with Gasteiger partial charge in [0.25, 0.3) is 0 Å². The second-order valence-corrected chi connectivity index (χ2v) is 4.02. The van der Waals surface area contributed by atoms with Crippen LogP contribution in [0.25, 0.3) is 0 Å². The largest absolute Gasteiger partial charge is 0.381 e. The SMILES string of the molecule is CO[C@H]1CCC2=C(C1)C(O)N(C)C2. The van der Waals surface area contributed by atoms with Crippen LogP contribution in [0.4, 0.5) is 0 Å². The molecule has 3 heteroatoms. The van der Waals surface area contributed by atoms with Crippen molar-refractivity contribution in [3.63, 3.8) is 0 Å². The Kier molecular flexibility index (Phi) is 2.41. The summed E-state index contributed by atoms with van der Waals surface area (Å²) in [5, 5.41) is 9.82. The number of ether oxygens (including phenoxy) is 1. The lowest BCUT2D eigenvalue weighted by Crippen LogP contribution is -2.28. The number of rotatable bonds is 1. The van der Waals surface area contributed by atoms with E-state index in [9.17, 15) is 5.11 Å². The van der Waals surface area contributed by atoms with Crippen molar-refractivity contribution >= 4 is 0 Å². The topological polar surface area (TPSA) is 32.7 Å². The molecular formula is C10H17NO2. The molecule has 0 spiro atoms. The predicted octanol–water partition coefficient (Wildman–Crippen LogP) is 0.746. The van der Waals surface area contributed by atoms with Crippen LogP contribution in [-0.4, -0.2) is 43.0 Å². The van der Waals surface area contributed by atoms with Crippen molar-refractivity contribution < 1.29 is 9.84 Å². The van der Waals surface area contributed by atoms with Crippen LogP contribution in [-0.2, 0) is 4.74 Å². The maximum atomic E-state index is 9.82. The maximum Gasteiger partial charge on any atom is 0.129 e. The molecule has 0 bridgehead atoms. The summed E-state index contributed by atoms with van der Waals surface area (Å²) in [4.78, 5) is 1.99. The summed E-state index contributed by atoms with van der Waals surface area (Å²) in [5.74, 6) is 0. The van der Waals surface area contributed by atoms with E-state index in [-0.39, 0.29) is 6.23 Å². The van der Waals surface area contributed by atoms with Crippen molar-refractivity contribution in [3.05, 3.63) is 11.1 Å². The van der Waals surface area contributed by atoms with Gasteiger partial charge in [0.05, 0.1) is 6.10 Å². The molecule has 0 aromatic rings. The summed E-state index contributed by atoms with van der Waals surface area (Å²) in [5.41, 5.74) is 2.64. The van der Waals surface area contributed by atoms with Gasteiger partial charge in [0.1, 0.15) is 6.23 Å². The fourth-order valence-electron chi connectivity index (χ4n) is 2.31. The van der Waals surface area contributed by atoms with Crippen molar-refractivity contribution in [2.24, 2.45) is 0 Å². The van der Waals surface area contributed by atoms with Crippen molar-refractivity contribution in [1.29, 1.82) is 0 Å². The normalized spacial score (nSPS) is 35.3. The first-order valence-electron chi connectivity index (χ1n) is 4.84. The number of aliphatic hydroxyl groups is 1. The van der Waals surface area contributed by atoms with Crippen molar-refractivity contribution in [1.82, 2.24) is 4.90 Å². The maximum absolute atomic E-state index is 9.82. The summed E-state index contributed by atoms with van der Waals surface area (Å²) in [7, 11) is 3.71. The van der Waals surface area contributed by atoms with Crippen LogP contribution in [0.5, 0.6) is 0 Å². The van der Waals surface area contributed by atoms with E-state index in [0.717, 1.165) is 25.8 Å². The number of nitrogens with zero attached hydrogens (tertiary/aromatic N) is 1. The molecule has 74 valence electrons. The summed E-state index contributed by atoms with van der Waals surface area (Å²) >= 11 is 0. The molecule has 13 heavy (non-hydrogen) atoms. The van der Waals surface area contributed by atoms with Crippen molar-refractivity contribution in [3.8, 4) is 0 Å². The first-order chi connectivity index (χ1) is 6.22. The molecule has 0 aromatic carbocycles. The quantitative estimate of drug-likeness (QED) is 0.609. The van der Waals surface area contributed by atoms with Crippen LogP contribution in [0.2, 0.25) is 0 Å². The highest BCUT2D eigenvalue weighted by molar-refractivity contribution is 5.27. The van der Waals surface area contributed by atoms with E-state index in [4.69, 9.17) is 4.74 Å². The Morgan fingerprint density at radius 1 is 1.54 bits per heavy atom. The molecule has 1 N–H and O–H groups in total. The standard InChI is InChI=1S/C10H17NO2/c1-11-6-7-3-4-8(13-2)5-9(7)10(11)12/h8,10,12H,3-6H2,1-2H3/t8-,10?/m0/s1. The monoisotopic (exact) mass is 183 g/mol. The van der Waals surface area contributed by atoms with Crippen molar-refractivity contribution in [2.45, 2.75) is 31.6 Å². The zero-order chi connectivity index (χ0) is 9.42. The van der Waals surface area contributed by atoms with E-state index in [1.807, 2.05) is 11.9 Å². The van der Waals surface area contributed by atoms with Crippen LogP contribution in [0.15, 0.2) is 11.1 Å². The van der Waals surface area contributed by atoms with Crippen LogP contribution in [0, 0.1) is 0 Å². The zero-order valence-corrected chi connectivity index (χ0v) is 8.29. The smallest absolute Gasteiger partial charge is 0.129 e. The third kappa shape index (κ3) is 1.52. The summed E-state index contributed by atoms with van der Waals surface area (Å²) in [6.45, 7) is 0.937. The van der Waals surface area contributed by atoms with Gasteiger partial charge in [-0.05, 0) is 31.9 Å².